The Bertz CT molecular complexity index is 817. The zero-order valence-corrected chi connectivity index (χ0v) is 14.6. The highest BCUT2D eigenvalue weighted by Gasteiger charge is 2.22. The van der Waals surface area contributed by atoms with Crippen molar-refractivity contribution in [1.82, 2.24) is 20.1 Å². The average Bonchev–Trinajstić information content (AvgIpc) is 3.28. The third-order valence-electron chi connectivity index (χ3n) is 3.69. The lowest BCUT2D eigenvalue weighted by molar-refractivity contribution is -0.124. The predicted molar refractivity (Wildman–Crippen MR) is 95.7 cm³/mol. The second kappa shape index (κ2) is 7.89. The van der Waals surface area contributed by atoms with Crippen molar-refractivity contribution < 1.29 is 9.21 Å². The molecule has 0 saturated carbocycles. The number of thioether (sulfide) groups is 1. The van der Waals surface area contributed by atoms with E-state index in [1.165, 1.54) is 11.8 Å². The van der Waals surface area contributed by atoms with Crippen molar-refractivity contribution in [2.45, 2.75) is 30.4 Å². The van der Waals surface area contributed by atoms with Crippen LogP contribution in [0.3, 0.4) is 0 Å². The van der Waals surface area contributed by atoms with Gasteiger partial charge < -0.3 is 15.5 Å². The van der Waals surface area contributed by atoms with Crippen LogP contribution < -0.4 is 11.1 Å². The highest BCUT2D eigenvalue weighted by atomic mass is 32.2. The summed E-state index contributed by atoms with van der Waals surface area (Å²) in [5.41, 5.74) is 7.08. The zero-order chi connectivity index (χ0) is 17.6. The number of aromatic nitrogens is 3. The van der Waals surface area contributed by atoms with Gasteiger partial charge in [0.05, 0.1) is 12.8 Å². The molecule has 3 rings (SSSR count). The summed E-state index contributed by atoms with van der Waals surface area (Å²) in [6.45, 7) is 2.09. The van der Waals surface area contributed by atoms with Gasteiger partial charge in [0.25, 0.3) is 0 Å². The van der Waals surface area contributed by atoms with Gasteiger partial charge in [-0.25, -0.2) is 0 Å². The lowest BCUT2D eigenvalue weighted by atomic mass is 10.2. The van der Waals surface area contributed by atoms with E-state index in [0.29, 0.717) is 17.5 Å². The summed E-state index contributed by atoms with van der Waals surface area (Å²) < 4.78 is 6.86. The second-order valence-corrected chi connectivity index (χ2v) is 6.40. The number of anilines is 1. The fraction of sp³-hybridized carbons (Fsp3) is 0.235. The molecule has 130 valence electrons. The number of hydrogen-bond acceptors (Lipinski definition) is 6. The van der Waals surface area contributed by atoms with E-state index in [4.69, 9.17) is 10.2 Å². The smallest absolute Gasteiger partial charge is 0.243 e. The molecule has 3 aromatic rings. The molecule has 2 aromatic heterocycles. The highest BCUT2D eigenvalue weighted by Crippen LogP contribution is 2.26. The summed E-state index contributed by atoms with van der Waals surface area (Å²) in [5, 5.41) is 11.5. The molecular weight excluding hydrogens is 338 g/mol. The van der Waals surface area contributed by atoms with Crippen LogP contribution in [0, 0.1) is 0 Å². The van der Waals surface area contributed by atoms with E-state index in [-0.39, 0.29) is 11.9 Å². The van der Waals surface area contributed by atoms with Gasteiger partial charge in [-0.1, -0.05) is 42.1 Å². The van der Waals surface area contributed by atoms with Crippen molar-refractivity contribution in [3.63, 3.8) is 0 Å². The number of furan rings is 1. The molecule has 0 aliphatic rings. The third-order valence-corrected chi connectivity index (χ3v) is 4.70. The molecule has 7 nitrogen and oxygen atoms in total. The number of nitrogens with two attached hydrogens (primary N) is 1. The van der Waals surface area contributed by atoms with Crippen molar-refractivity contribution >= 4 is 23.6 Å². The van der Waals surface area contributed by atoms with Gasteiger partial charge in [0, 0.05) is 5.75 Å². The normalized spacial score (nSPS) is 12.0. The van der Waals surface area contributed by atoms with Crippen molar-refractivity contribution in [3.05, 3.63) is 60.1 Å². The molecule has 0 radical (unpaired) electrons. The van der Waals surface area contributed by atoms with E-state index in [0.717, 1.165) is 11.3 Å². The maximum Gasteiger partial charge on any atom is 0.243 e. The molecule has 0 saturated heterocycles. The number of rotatable bonds is 7. The molecular formula is C17H19N5O2S. The summed E-state index contributed by atoms with van der Waals surface area (Å²) in [5.74, 6) is 1.45. The van der Waals surface area contributed by atoms with Gasteiger partial charge in [-0.05, 0) is 24.6 Å². The first-order chi connectivity index (χ1) is 12.1. The standard InChI is InChI=1S/C17H19N5O2S/c1-12(15(23)19-10-14-8-5-9-24-14)22-16(18)20-21-17(22)25-11-13-6-3-2-4-7-13/h2-9,12H,10-11H2,1H3,(H2,18,20)(H,19,23). The highest BCUT2D eigenvalue weighted by molar-refractivity contribution is 7.98. The molecule has 1 aromatic carbocycles. The number of amides is 1. The molecule has 1 atom stereocenters. The fourth-order valence-corrected chi connectivity index (χ4v) is 3.30. The molecule has 2 heterocycles. The van der Waals surface area contributed by atoms with Crippen LogP contribution in [-0.4, -0.2) is 20.7 Å². The number of benzene rings is 1. The Morgan fingerprint density at radius 2 is 2.08 bits per heavy atom. The van der Waals surface area contributed by atoms with Crippen LogP contribution in [0.1, 0.15) is 24.3 Å². The summed E-state index contributed by atoms with van der Waals surface area (Å²) in [7, 11) is 0. The summed E-state index contributed by atoms with van der Waals surface area (Å²) in [6, 6.07) is 13.1. The van der Waals surface area contributed by atoms with Gasteiger partial charge >= 0.3 is 0 Å². The molecule has 1 unspecified atom stereocenters. The van der Waals surface area contributed by atoms with E-state index in [1.54, 1.807) is 29.9 Å². The third kappa shape index (κ3) is 4.21. The van der Waals surface area contributed by atoms with Gasteiger partial charge in [-0.3, -0.25) is 9.36 Å². The molecule has 0 bridgehead atoms. The predicted octanol–water partition coefficient (Wildman–Crippen LogP) is 2.62. The van der Waals surface area contributed by atoms with Crippen LogP contribution in [0.2, 0.25) is 0 Å². The largest absolute Gasteiger partial charge is 0.467 e. The first-order valence-corrected chi connectivity index (χ1v) is 8.81. The number of nitrogens with zero attached hydrogens (tertiary/aromatic N) is 3. The van der Waals surface area contributed by atoms with E-state index < -0.39 is 6.04 Å². The van der Waals surface area contributed by atoms with E-state index >= 15 is 0 Å². The molecule has 25 heavy (non-hydrogen) atoms. The van der Waals surface area contributed by atoms with Crippen LogP contribution in [0.5, 0.6) is 0 Å². The Kier molecular flexibility index (Phi) is 5.39. The molecule has 3 N–H and O–H groups in total. The van der Waals surface area contributed by atoms with Gasteiger partial charge in [-0.2, -0.15) is 0 Å². The van der Waals surface area contributed by atoms with Crippen LogP contribution >= 0.6 is 11.8 Å². The molecule has 0 aliphatic heterocycles. The van der Waals surface area contributed by atoms with Gasteiger partial charge in [0.15, 0.2) is 5.16 Å². The van der Waals surface area contributed by atoms with Crippen molar-refractivity contribution in [1.29, 1.82) is 0 Å². The van der Waals surface area contributed by atoms with Gasteiger partial charge in [0.1, 0.15) is 11.8 Å². The van der Waals surface area contributed by atoms with E-state index in [2.05, 4.69) is 15.5 Å². The summed E-state index contributed by atoms with van der Waals surface area (Å²) in [4.78, 5) is 12.4. The van der Waals surface area contributed by atoms with Crippen molar-refractivity contribution in [2.75, 3.05) is 5.73 Å². The summed E-state index contributed by atoms with van der Waals surface area (Å²) >= 11 is 1.49. The Hall–Kier alpha value is -2.74. The SMILES string of the molecule is CC(C(=O)NCc1ccco1)n1c(N)nnc1SCc1ccccc1. The number of nitrogen functional groups attached to an aromatic ring is 1. The average molecular weight is 357 g/mol. The minimum absolute atomic E-state index is 0.176. The van der Waals surface area contributed by atoms with Crippen LogP contribution in [-0.2, 0) is 17.1 Å². The quantitative estimate of drug-likeness (QED) is 0.631. The minimum atomic E-state index is -0.525. The van der Waals surface area contributed by atoms with E-state index in [9.17, 15) is 4.79 Å². The Morgan fingerprint density at radius 3 is 2.80 bits per heavy atom. The number of carbonyl (C=O) groups excluding carboxylic acids is 1. The Labute approximate surface area is 149 Å². The van der Waals surface area contributed by atoms with Crippen molar-refractivity contribution in [3.8, 4) is 0 Å². The Morgan fingerprint density at radius 1 is 1.28 bits per heavy atom. The van der Waals surface area contributed by atoms with Crippen LogP contribution in [0.15, 0.2) is 58.3 Å². The summed E-state index contributed by atoms with van der Waals surface area (Å²) in [6.07, 6.45) is 1.57. The monoisotopic (exact) mass is 357 g/mol. The van der Waals surface area contributed by atoms with Gasteiger partial charge in [-0.15, -0.1) is 10.2 Å². The first kappa shape index (κ1) is 17.1. The number of hydrogen-bond donors (Lipinski definition) is 2. The minimum Gasteiger partial charge on any atom is -0.467 e. The number of nitrogens with one attached hydrogen (secondary N) is 1. The molecule has 1 amide bonds. The maximum absolute atomic E-state index is 12.4. The molecule has 0 fully saturated rings. The topological polar surface area (TPSA) is 99.0 Å². The Balaban J connectivity index is 1.66. The van der Waals surface area contributed by atoms with E-state index in [1.807, 2.05) is 30.3 Å². The molecule has 8 heteroatoms. The lowest BCUT2D eigenvalue weighted by Crippen LogP contribution is -2.31. The zero-order valence-electron chi connectivity index (χ0n) is 13.8. The van der Waals surface area contributed by atoms with Gasteiger partial charge in [0.2, 0.25) is 11.9 Å². The van der Waals surface area contributed by atoms with Crippen molar-refractivity contribution in [2.24, 2.45) is 0 Å². The maximum atomic E-state index is 12.4. The lowest BCUT2D eigenvalue weighted by Gasteiger charge is -2.16. The second-order valence-electron chi connectivity index (χ2n) is 5.46. The van der Waals surface area contributed by atoms with Crippen LogP contribution in [0.25, 0.3) is 0 Å². The first-order valence-electron chi connectivity index (χ1n) is 7.82. The molecule has 0 aliphatic carbocycles. The van der Waals surface area contributed by atoms with Crippen LogP contribution in [0.4, 0.5) is 5.95 Å². The molecule has 0 spiro atoms. The fourth-order valence-electron chi connectivity index (χ4n) is 2.33. The number of carbonyl (C=O) groups is 1.